The van der Waals surface area contributed by atoms with Gasteiger partial charge in [-0.05, 0) is 43.4 Å². The Labute approximate surface area is 191 Å². The monoisotopic (exact) mass is 444 g/mol. The molecule has 0 spiro atoms. The molecule has 0 bridgehead atoms. The van der Waals surface area contributed by atoms with E-state index in [1.807, 2.05) is 55.4 Å². The lowest BCUT2D eigenvalue weighted by atomic mass is 10.1. The summed E-state index contributed by atoms with van der Waals surface area (Å²) in [5.41, 5.74) is 1.59. The molecule has 168 valence electrons. The Morgan fingerprint density at radius 3 is 2.39 bits per heavy atom. The van der Waals surface area contributed by atoms with E-state index < -0.39 is 5.91 Å². The second kappa shape index (κ2) is 9.75. The van der Waals surface area contributed by atoms with Gasteiger partial charge >= 0.3 is 0 Å². The van der Waals surface area contributed by atoms with Crippen molar-refractivity contribution in [2.75, 3.05) is 20.6 Å². The Morgan fingerprint density at radius 2 is 1.70 bits per heavy atom. The maximum absolute atomic E-state index is 13.7. The van der Waals surface area contributed by atoms with E-state index in [1.54, 1.807) is 30.3 Å². The van der Waals surface area contributed by atoms with Crippen LogP contribution >= 0.6 is 0 Å². The van der Waals surface area contributed by atoms with E-state index in [4.69, 9.17) is 0 Å². The molecule has 1 amide bonds. The normalized spacial score (nSPS) is 12.1. The Kier molecular flexibility index (Phi) is 6.60. The zero-order valence-corrected chi connectivity index (χ0v) is 18.5. The highest BCUT2D eigenvalue weighted by Gasteiger charge is 2.20. The summed E-state index contributed by atoms with van der Waals surface area (Å²) in [5.74, 6) is -0.720. The molecule has 0 aliphatic carbocycles. The number of carbonyl (C=O) groups excluding carboxylic acids is 1. The lowest BCUT2D eigenvalue weighted by Crippen LogP contribution is -2.36. The number of likely N-dealkylation sites (N-methyl/N-ethyl adjacent to an activating group) is 1. The van der Waals surface area contributed by atoms with Gasteiger partial charge in [-0.25, -0.2) is 9.07 Å². The zero-order valence-electron chi connectivity index (χ0n) is 18.5. The fraction of sp³-hybridized carbons (Fsp3) is 0.192. The molecular weight excluding hydrogens is 419 g/mol. The number of halogens is 1. The highest BCUT2D eigenvalue weighted by Crippen LogP contribution is 2.19. The minimum Gasteiger partial charge on any atom is -0.349 e. The van der Waals surface area contributed by atoms with Gasteiger partial charge in [0.2, 0.25) is 0 Å². The van der Waals surface area contributed by atoms with Crippen molar-refractivity contribution in [3.63, 3.8) is 0 Å². The molecule has 7 heteroatoms. The molecule has 0 radical (unpaired) electrons. The number of benzene rings is 3. The molecule has 0 unspecified atom stereocenters. The fourth-order valence-electron chi connectivity index (χ4n) is 3.85. The average molecular weight is 445 g/mol. The van der Waals surface area contributed by atoms with Crippen LogP contribution in [-0.2, 0) is 6.54 Å². The summed E-state index contributed by atoms with van der Waals surface area (Å²) in [6.07, 6.45) is 0. The molecule has 1 N–H and O–H groups in total. The summed E-state index contributed by atoms with van der Waals surface area (Å²) >= 11 is 0. The van der Waals surface area contributed by atoms with Gasteiger partial charge in [0.1, 0.15) is 5.82 Å². The third-order valence-electron chi connectivity index (χ3n) is 5.57. The molecule has 4 rings (SSSR count). The van der Waals surface area contributed by atoms with Crippen molar-refractivity contribution in [1.82, 2.24) is 20.0 Å². The van der Waals surface area contributed by atoms with Crippen LogP contribution in [0.15, 0.2) is 83.7 Å². The van der Waals surface area contributed by atoms with Gasteiger partial charge in [0, 0.05) is 11.9 Å². The Balaban J connectivity index is 1.66. The number of hydrogen-bond donors (Lipinski definition) is 1. The van der Waals surface area contributed by atoms with Gasteiger partial charge in [0.05, 0.1) is 18.0 Å². The number of hydrogen-bond acceptors (Lipinski definition) is 4. The van der Waals surface area contributed by atoms with Crippen LogP contribution in [0, 0.1) is 5.82 Å². The molecule has 6 nitrogen and oxygen atoms in total. The van der Waals surface area contributed by atoms with Crippen molar-refractivity contribution in [2.24, 2.45) is 0 Å². The van der Waals surface area contributed by atoms with Gasteiger partial charge in [0.15, 0.2) is 5.69 Å². The number of fused-ring (bicyclic) bond motifs is 1. The molecule has 0 fully saturated rings. The molecule has 0 saturated heterocycles. The van der Waals surface area contributed by atoms with E-state index in [0.29, 0.717) is 10.8 Å². The predicted octanol–water partition coefficient (Wildman–Crippen LogP) is 3.62. The van der Waals surface area contributed by atoms with E-state index in [1.165, 1.54) is 16.8 Å². The van der Waals surface area contributed by atoms with Crippen LogP contribution in [0.5, 0.6) is 0 Å². The first kappa shape index (κ1) is 22.4. The van der Waals surface area contributed by atoms with Crippen LogP contribution in [0.3, 0.4) is 0 Å². The second-order valence-electron chi connectivity index (χ2n) is 8.09. The van der Waals surface area contributed by atoms with E-state index in [9.17, 15) is 14.0 Å². The summed E-state index contributed by atoms with van der Waals surface area (Å²) < 4.78 is 15.1. The van der Waals surface area contributed by atoms with Gasteiger partial charge in [-0.15, -0.1) is 0 Å². The highest BCUT2D eigenvalue weighted by molar-refractivity contribution is 6.04. The summed E-state index contributed by atoms with van der Waals surface area (Å²) in [6, 6.07) is 22.6. The molecule has 0 aliphatic rings. The van der Waals surface area contributed by atoms with Crippen LogP contribution in [0.1, 0.15) is 27.7 Å². The molecule has 0 aliphatic heterocycles. The number of aromatic nitrogens is 2. The molecular formula is C26H25FN4O2. The van der Waals surface area contributed by atoms with Crippen molar-refractivity contribution >= 4 is 16.7 Å². The lowest BCUT2D eigenvalue weighted by Gasteiger charge is -2.25. The Morgan fingerprint density at radius 1 is 1.00 bits per heavy atom. The van der Waals surface area contributed by atoms with Gasteiger partial charge in [-0.2, -0.15) is 5.10 Å². The Bertz CT molecular complexity index is 1340. The molecule has 4 aromatic rings. The van der Waals surface area contributed by atoms with Crippen molar-refractivity contribution in [2.45, 2.75) is 12.6 Å². The highest BCUT2D eigenvalue weighted by atomic mass is 19.1. The SMILES string of the molecule is CN(C)[C@H](CNC(=O)c1nn(Cc2ccccc2)c(=O)c2ccccc12)c1cccc(F)c1. The summed E-state index contributed by atoms with van der Waals surface area (Å²) in [4.78, 5) is 28.1. The van der Waals surface area contributed by atoms with Gasteiger partial charge in [-0.3, -0.25) is 9.59 Å². The van der Waals surface area contributed by atoms with Crippen molar-refractivity contribution in [3.05, 3.63) is 112 Å². The standard InChI is InChI=1S/C26H25FN4O2/c1-30(2)23(19-11-8-12-20(27)15-19)16-28-25(32)24-21-13-6-7-14-22(21)26(33)31(29-24)17-18-9-4-3-5-10-18/h3-15,23H,16-17H2,1-2H3,(H,28,32)/t23-/m1/s1. The molecule has 1 atom stereocenters. The fourth-order valence-corrected chi connectivity index (χ4v) is 3.85. The number of nitrogens with one attached hydrogen (secondary N) is 1. The lowest BCUT2D eigenvalue weighted by molar-refractivity contribution is 0.0936. The predicted molar refractivity (Wildman–Crippen MR) is 127 cm³/mol. The third kappa shape index (κ3) is 4.99. The van der Waals surface area contributed by atoms with Crippen LogP contribution in [0.2, 0.25) is 0 Å². The number of rotatable bonds is 7. The number of carbonyl (C=O) groups is 1. The topological polar surface area (TPSA) is 67.2 Å². The maximum Gasteiger partial charge on any atom is 0.274 e. The van der Waals surface area contributed by atoms with E-state index in [2.05, 4.69) is 10.4 Å². The van der Waals surface area contributed by atoms with Gasteiger partial charge in [0.25, 0.3) is 11.5 Å². The smallest absolute Gasteiger partial charge is 0.274 e. The van der Waals surface area contributed by atoms with Gasteiger partial charge < -0.3 is 10.2 Å². The van der Waals surface area contributed by atoms with Crippen LogP contribution in [0.4, 0.5) is 4.39 Å². The molecule has 1 aromatic heterocycles. The van der Waals surface area contributed by atoms with E-state index in [-0.39, 0.29) is 36.2 Å². The largest absolute Gasteiger partial charge is 0.349 e. The second-order valence-corrected chi connectivity index (χ2v) is 8.09. The first-order valence-corrected chi connectivity index (χ1v) is 10.7. The summed E-state index contributed by atoms with van der Waals surface area (Å²) in [5, 5.41) is 8.27. The molecule has 0 saturated carbocycles. The number of amides is 1. The maximum atomic E-state index is 13.7. The summed E-state index contributed by atoms with van der Waals surface area (Å²) in [6.45, 7) is 0.511. The van der Waals surface area contributed by atoms with E-state index in [0.717, 1.165) is 11.1 Å². The molecule has 3 aromatic carbocycles. The van der Waals surface area contributed by atoms with Gasteiger partial charge in [-0.1, -0.05) is 60.7 Å². The molecule has 1 heterocycles. The van der Waals surface area contributed by atoms with Crippen molar-refractivity contribution in [3.8, 4) is 0 Å². The third-order valence-corrected chi connectivity index (χ3v) is 5.57. The van der Waals surface area contributed by atoms with Crippen LogP contribution in [0.25, 0.3) is 10.8 Å². The summed E-state index contributed by atoms with van der Waals surface area (Å²) in [7, 11) is 3.74. The van der Waals surface area contributed by atoms with Crippen molar-refractivity contribution < 1.29 is 9.18 Å². The van der Waals surface area contributed by atoms with E-state index >= 15 is 0 Å². The first-order valence-electron chi connectivity index (χ1n) is 10.7. The quantitative estimate of drug-likeness (QED) is 0.473. The average Bonchev–Trinajstić information content (AvgIpc) is 2.81. The minimum absolute atomic E-state index is 0.179. The zero-order chi connectivity index (χ0) is 23.4. The minimum atomic E-state index is -0.392. The van der Waals surface area contributed by atoms with Crippen molar-refractivity contribution in [1.29, 1.82) is 0 Å². The first-order chi connectivity index (χ1) is 15.9. The molecule has 33 heavy (non-hydrogen) atoms. The van der Waals surface area contributed by atoms with Crippen LogP contribution in [-0.4, -0.2) is 41.2 Å². The Hall–Kier alpha value is -3.84. The van der Waals surface area contributed by atoms with Crippen LogP contribution < -0.4 is 10.9 Å². The number of nitrogens with zero attached hydrogens (tertiary/aromatic N) is 3.